The largest absolute Gasteiger partial charge is 0.389 e. The molecule has 1 nitrogen and oxygen atoms in total. The highest BCUT2D eigenvalue weighted by atomic mass is 19.4. The Kier molecular flexibility index (Phi) is 4.03. The molecule has 0 saturated heterocycles. The fraction of sp³-hybridized carbons (Fsp3) is 0.400. The van der Waals surface area contributed by atoms with Gasteiger partial charge < -0.3 is 5.73 Å². The van der Waals surface area contributed by atoms with E-state index in [1.165, 1.54) is 0 Å². The molecular formula is C10H9F6N. The Labute approximate surface area is 93.2 Å². The minimum Gasteiger partial charge on any atom is -0.324 e. The van der Waals surface area contributed by atoms with Crippen molar-refractivity contribution in [3.63, 3.8) is 0 Å². The van der Waals surface area contributed by atoms with Crippen LogP contribution in [-0.2, 0) is 0 Å². The third-order valence-electron chi connectivity index (χ3n) is 2.17. The van der Waals surface area contributed by atoms with Crippen LogP contribution in [-0.4, -0.2) is 6.18 Å². The Balaban J connectivity index is 2.79. The molecule has 96 valence electrons. The minimum absolute atomic E-state index is 0.203. The van der Waals surface area contributed by atoms with E-state index in [4.69, 9.17) is 5.73 Å². The highest BCUT2D eigenvalue weighted by Gasteiger charge is 2.28. The lowest BCUT2D eigenvalue weighted by atomic mass is 10.0. The molecule has 1 aromatic carbocycles. The number of nitrogens with two attached hydrogens (primary N) is 1. The third kappa shape index (κ3) is 3.92. The van der Waals surface area contributed by atoms with Gasteiger partial charge in [-0.2, -0.15) is 13.2 Å². The Morgan fingerprint density at radius 1 is 1.06 bits per heavy atom. The molecule has 17 heavy (non-hydrogen) atoms. The summed E-state index contributed by atoms with van der Waals surface area (Å²) < 4.78 is 73.8. The molecule has 0 bridgehead atoms. The first kappa shape index (κ1) is 13.8. The number of alkyl halides is 3. The summed E-state index contributed by atoms with van der Waals surface area (Å²) in [5, 5.41) is 0. The topological polar surface area (TPSA) is 26.0 Å². The van der Waals surface area contributed by atoms with Crippen LogP contribution in [0, 0.1) is 17.5 Å². The smallest absolute Gasteiger partial charge is 0.324 e. The Bertz CT molecular complexity index is 377. The van der Waals surface area contributed by atoms with Crippen LogP contribution >= 0.6 is 0 Å². The number of benzene rings is 1. The molecular weight excluding hydrogens is 248 g/mol. The number of rotatable bonds is 3. The third-order valence-corrected chi connectivity index (χ3v) is 2.17. The van der Waals surface area contributed by atoms with Gasteiger partial charge in [0, 0.05) is 12.5 Å². The van der Waals surface area contributed by atoms with E-state index >= 15 is 0 Å². The number of hydrogen-bond donors (Lipinski definition) is 1. The van der Waals surface area contributed by atoms with Gasteiger partial charge in [0.2, 0.25) is 0 Å². The Morgan fingerprint density at radius 3 is 1.94 bits per heavy atom. The van der Waals surface area contributed by atoms with Crippen LogP contribution < -0.4 is 5.73 Å². The summed E-state index contributed by atoms with van der Waals surface area (Å²) in [6.45, 7) is 0. The molecule has 0 saturated carbocycles. The summed E-state index contributed by atoms with van der Waals surface area (Å²) >= 11 is 0. The average molecular weight is 257 g/mol. The van der Waals surface area contributed by atoms with Crippen molar-refractivity contribution in [2.45, 2.75) is 25.1 Å². The van der Waals surface area contributed by atoms with Crippen LogP contribution in [0.4, 0.5) is 26.3 Å². The molecule has 1 aromatic rings. The first-order valence-corrected chi connectivity index (χ1v) is 4.67. The predicted molar refractivity (Wildman–Crippen MR) is 48.5 cm³/mol. The van der Waals surface area contributed by atoms with Crippen molar-refractivity contribution in [2.75, 3.05) is 0 Å². The number of hydrogen-bond acceptors (Lipinski definition) is 1. The van der Waals surface area contributed by atoms with Crippen LogP contribution in [0.1, 0.15) is 24.4 Å². The van der Waals surface area contributed by atoms with Gasteiger partial charge in [0.1, 0.15) is 0 Å². The fourth-order valence-corrected chi connectivity index (χ4v) is 1.28. The lowest BCUT2D eigenvalue weighted by Gasteiger charge is -2.14. The van der Waals surface area contributed by atoms with Gasteiger partial charge in [-0.25, -0.2) is 13.2 Å². The highest BCUT2D eigenvalue weighted by molar-refractivity contribution is 5.22. The van der Waals surface area contributed by atoms with E-state index in [9.17, 15) is 26.3 Å². The van der Waals surface area contributed by atoms with Gasteiger partial charge in [-0.3, -0.25) is 0 Å². The first-order chi connectivity index (χ1) is 7.70. The number of halogens is 6. The van der Waals surface area contributed by atoms with Gasteiger partial charge in [0.05, 0.1) is 0 Å². The van der Waals surface area contributed by atoms with Gasteiger partial charge in [0.25, 0.3) is 0 Å². The standard InChI is InChI=1S/C10H9F6N/c11-6-3-5(4-7(12)9(6)13)8(17)1-2-10(14,15)16/h3-4,8H,1-2,17H2/t8-/m0/s1. The molecule has 1 atom stereocenters. The molecule has 0 heterocycles. The van der Waals surface area contributed by atoms with Gasteiger partial charge in [0.15, 0.2) is 17.5 Å². The maximum absolute atomic E-state index is 12.8. The zero-order valence-corrected chi connectivity index (χ0v) is 8.49. The molecule has 0 fully saturated rings. The molecule has 7 heteroatoms. The first-order valence-electron chi connectivity index (χ1n) is 4.67. The molecule has 0 aliphatic heterocycles. The van der Waals surface area contributed by atoms with E-state index in [1.54, 1.807) is 0 Å². The quantitative estimate of drug-likeness (QED) is 0.651. The van der Waals surface area contributed by atoms with Crippen molar-refractivity contribution in [3.8, 4) is 0 Å². The van der Waals surface area contributed by atoms with E-state index in [1.807, 2.05) is 0 Å². The van der Waals surface area contributed by atoms with Crippen LogP contribution in [0.25, 0.3) is 0 Å². The second kappa shape index (κ2) is 4.95. The van der Waals surface area contributed by atoms with Crippen molar-refractivity contribution in [2.24, 2.45) is 5.73 Å². The van der Waals surface area contributed by atoms with Crippen molar-refractivity contribution in [1.29, 1.82) is 0 Å². The van der Waals surface area contributed by atoms with Crippen LogP contribution in [0.3, 0.4) is 0 Å². The van der Waals surface area contributed by atoms with Gasteiger partial charge in [-0.1, -0.05) is 0 Å². The molecule has 1 rings (SSSR count). The fourth-order valence-electron chi connectivity index (χ4n) is 1.28. The van der Waals surface area contributed by atoms with Crippen molar-refractivity contribution in [3.05, 3.63) is 35.1 Å². The van der Waals surface area contributed by atoms with Crippen molar-refractivity contribution in [1.82, 2.24) is 0 Å². The lowest BCUT2D eigenvalue weighted by molar-refractivity contribution is -0.136. The normalized spacial score (nSPS) is 13.8. The molecule has 0 aromatic heterocycles. The summed E-state index contributed by atoms with van der Waals surface area (Å²) in [5.41, 5.74) is 5.13. The molecule has 0 aliphatic carbocycles. The molecule has 0 radical (unpaired) electrons. The van der Waals surface area contributed by atoms with E-state index in [0.29, 0.717) is 12.1 Å². The molecule has 0 spiro atoms. The van der Waals surface area contributed by atoms with Gasteiger partial charge in [-0.15, -0.1) is 0 Å². The van der Waals surface area contributed by atoms with E-state index in [2.05, 4.69) is 0 Å². The minimum atomic E-state index is -4.39. The predicted octanol–water partition coefficient (Wildman–Crippen LogP) is 3.45. The van der Waals surface area contributed by atoms with E-state index < -0.39 is 42.5 Å². The maximum Gasteiger partial charge on any atom is 0.389 e. The summed E-state index contributed by atoms with van der Waals surface area (Å²) in [6.07, 6.45) is -6.09. The van der Waals surface area contributed by atoms with Crippen LogP contribution in [0.5, 0.6) is 0 Å². The lowest BCUT2D eigenvalue weighted by Crippen LogP contribution is -2.16. The van der Waals surface area contributed by atoms with E-state index in [-0.39, 0.29) is 5.56 Å². The SMILES string of the molecule is N[C@@H](CCC(F)(F)F)c1cc(F)c(F)c(F)c1. The summed E-state index contributed by atoms with van der Waals surface area (Å²) in [5.74, 6) is -4.61. The second-order valence-electron chi connectivity index (χ2n) is 3.56. The van der Waals surface area contributed by atoms with Gasteiger partial charge >= 0.3 is 6.18 Å². The Morgan fingerprint density at radius 2 is 1.53 bits per heavy atom. The zero-order valence-electron chi connectivity index (χ0n) is 8.49. The second-order valence-corrected chi connectivity index (χ2v) is 3.56. The van der Waals surface area contributed by atoms with Crippen molar-refractivity contribution >= 4 is 0 Å². The van der Waals surface area contributed by atoms with Crippen molar-refractivity contribution < 1.29 is 26.3 Å². The maximum atomic E-state index is 12.8. The van der Waals surface area contributed by atoms with E-state index in [0.717, 1.165) is 0 Å². The molecule has 2 N–H and O–H groups in total. The molecule has 0 amide bonds. The Hall–Kier alpha value is -1.24. The van der Waals surface area contributed by atoms with Crippen LogP contribution in [0.2, 0.25) is 0 Å². The zero-order chi connectivity index (χ0) is 13.2. The highest BCUT2D eigenvalue weighted by Crippen LogP contribution is 2.27. The van der Waals surface area contributed by atoms with Crippen LogP contribution in [0.15, 0.2) is 12.1 Å². The average Bonchev–Trinajstić information content (AvgIpc) is 2.20. The summed E-state index contributed by atoms with van der Waals surface area (Å²) in [4.78, 5) is 0. The molecule has 0 aliphatic rings. The summed E-state index contributed by atoms with van der Waals surface area (Å²) in [6, 6.07) is 0.0000515. The summed E-state index contributed by atoms with van der Waals surface area (Å²) in [7, 11) is 0. The monoisotopic (exact) mass is 257 g/mol. The molecule has 0 unspecified atom stereocenters. The van der Waals surface area contributed by atoms with Gasteiger partial charge in [-0.05, 0) is 24.1 Å².